The number of carbonyl (C=O) groups is 4. The number of anilines is 1. The first-order valence-electron chi connectivity index (χ1n) is 10.1. The van der Waals surface area contributed by atoms with Gasteiger partial charge in [0.25, 0.3) is 11.1 Å². The first-order valence-corrected chi connectivity index (χ1v) is 12.0. The quantitative estimate of drug-likeness (QED) is 0.186. The third-order valence-electron chi connectivity index (χ3n) is 4.69. The van der Waals surface area contributed by atoms with E-state index >= 15 is 0 Å². The van der Waals surface area contributed by atoms with E-state index in [1.165, 1.54) is 6.08 Å². The molecule has 1 saturated heterocycles. The molecule has 0 aromatic heterocycles. The molecule has 3 amide bonds. The molecule has 34 heavy (non-hydrogen) atoms. The van der Waals surface area contributed by atoms with Gasteiger partial charge < -0.3 is 10.1 Å². The summed E-state index contributed by atoms with van der Waals surface area (Å²) in [5.74, 6) is -1.22. The number of carbonyl (C=O) groups excluding carboxylic acids is 4. The van der Waals surface area contributed by atoms with Crippen LogP contribution in [0.2, 0.25) is 0 Å². The number of thioether (sulfide) groups is 1. The van der Waals surface area contributed by atoms with Crippen LogP contribution in [0.15, 0.2) is 83.8 Å². The standard InChI is InChI=1S/C25H17IN2O5S/c26-20-12-5-4-11-19(20)24(31)33-18-10-6-7-16(13-18)14-21-23(30)28(25(32)34-21)15-22(29)27-17-8-2-1-3-9-17/h1-14H,15H2,(H,27,29)/b21-14-. The van der Waals surface area contributed by atoms with Gasteiger partial charge in [0.2, 0.25) is 5.91 Å². The molecule has 0 aliphatic carbocycles. The molecule has 0 unspecified atom stereocenters. The normalized spacial score (nSPS) is 14.4. The van der Waals surface area contributed by atoms with Crippen LogP contribution >= 0.6 is 34.4 Å². The van der Waals surface area contributed by atoms with Crippen LogP contribution < -0.4 is 10.1 Å². The molecule has 170 valence electrons. The van der Waals surface area contributed by atoms with Crippen molar-refractivity contribution >= 4 is 69.1 Å². The average molecular weight is 584 g/mol. The summed E-state index contributed by atoms with van der Waals surface area (Å²) in [4.78, 5) is 50.9. The third kappa shape index (κ3) is 5.72. The van der Waals surface area contributed by atoms with E-state index in [1.54, 1.807) is 60.7 Å². The molecule has 1 aliphatic rings. The summed E-state index contributed by atoms with van der Waals surface area (Å²) in [7, 11) is 0. The highest BCUT2D eigenvalue weighted by atomic mass is 127. The Hall–Kier alpha value is -3.44. The zero-order chi connectivity index (χ0) is 24.1. The van der Waals surface area contributed by atoms with Gasteiger partial charge in [-0.05, 0) is 82.4 Å². The van der Waals surface area contributed by atoms with E-state index in [1.807, 2.05) is 18.2 Å². The van der Waals surface area contributed by atoms with Gasteiger partial charge in [-0.15, -0.1) is 0 Å². The minimum absolute atomic E-state index is 0.179. The number of hydrogen-bond acceptors (Lipinski definition) is 6. The summed E-state index contributed by atoms with van der Waals surface area (Å²) in [6.07, 6.45) is 1.53. The van der Waals surface area contributed by atoms with Crippen molar-refractivity contribution in [2.75, 3.05) is 11.9 Å². The Kier molecular flexibility index (Phi) is 7.43. The van der Waals surface area contributed by atoms with Crippen molar-refractivity contribution in [1.82, 2.24) is 4.90 Å². The molecule has 1 aliphatic heterocycles. The fourth-order valence-electron chi connectivity index (χ4n) is 3.11. The number of nitrogens with zero attached hydrogens (tertiary/aromatic N) is 1. The third-order valence-corrected chi connectivity index (χ3v) is 6.54. The maximum atomic E-state index is 12.7. The van der Waals surface area contributed by atoms with Gasteiger partial charge >= 0.3 is 5.97 Å². The van der Waals surface area contributed by atoms with Gasteiger partial charge in [0.05, 0.1) is 10.5 Å². The van der Waals surface area contributed by atoms with E-state index in [0.717, 1.165) is 20.2 Å². The lowest BCUT2D eigenvalue weighted by molar-refractivity contribution is -0.127. The van der Waals surface area contributed by atoms with Crippen LogP contribution in [0, 0.1) is 3.57 Å². The van der Waals surface area contributed by atoms with Crippen molar-refractivity contribution in [2.24, 2.45) is 0 Å². The molecular weight excluding hydrogens is 567 g/mol. The number of rotatable bonds is 6. The largest absolute Gasteiger partial charge is 0.423 e. The van der Waals surface area contributed by atoms with E-state index < -0.39 is 23.0 Å². The lowest BCUT2D eigenvalue weighted by atomic mass is 10.2. The Morgan fingerprint density at radius 3 is 2.47 bits per heavy atom. The van der Waals surface area contributed by atoms with Crippen molar-refractivity contribution in [3.8, 4) is 5.75 Å². The molecule has 0 spiro atoms. The van der Waals surface area contributed by atoms with Crippen LogP contribution in [0.4, 0.5) is 10.5 Å². The molecule has 3 aromatic rings. The van der Waals surface area contributed by atoms with Crippen LogP contribution in [-0.2, 0) is 9.59 Å². The van der Waals surface area contributed by atoms with Gasteiger partial charge in [-0.25, -0.2) is 4.79 Å². The van der Waals surface area contributed by atoms with Crippen LogP contribution in [0.3, 0.4) is 0 Å². The minimum atomic E-state index is -0.556. The predicted molar refractivity (Wildman–Crippen MR) is 138 cm³/mol. The first-order chi connectivity index (χ1) is 16.4. The zero-order valence-corrected chi connectivity index (χ0v) is 20.5. The number of imide groups is 1. The molecule has 9 heteroatoms. The van der Waals surface area contributed by atoms with Crippen molar-refractivity contribution in [3.63, 3.8) is 0 Å². The van der Waals surface area contributed by atoms with Crippen LogP contribution in [0.25, 0.3) is 6.08 Å². The Balaban J connectivity index is 1.44. The highest BCUT2D eigenvalue weighted by molar-refractivity contribution is 14.1. The van der Waals surface area contributed by atoms with Gasteiger partial charge in [-0.1, -0.05) is 42.5 Å². The van der Waals surface area contributed by atoms with Gasteiger partial charge in [-0.3, -0.25) is 19.3 Å². The summed E-state index contributed by atoms with van der Waals surface area (Å²) in [5, 5.41) is 2.13. The molecule has 7 nitrogen and oxygen atoms in total. The molecule has 0 atom stereocenters. The smallest absolute Gasteiger partial charge is 0.344 e. The lowest BCUT2D eigenvalue weighted by Gasteiger charge is -2.12. The second kappa shape index (κ2) is 10.7. The number of esters is 1. The number of ether oxygens (including phenoxy) is 1. The van der Waals surface area contributed by atoms with Gasteiger partial charge in [-0.2, -0.15) is 0 Å². The number of para-hydroxylation sites is 1. The SMILES string of the molecule is O=C(CN1C(=O)S/C(=C\c2cccc(OC(=O)c3ccccc3I)c2)C1=O)Nc1ccccc1. The number of hydrogen-bond donors (Lipinski definition) is 1. The van der Waals surface area contributed by atoms with Crippen molar-refractivity contribution < 1.29 is 23.9 Å². The average Bonchev–Trinajstić information content (AvgIpc) is 3.07. The van der Waals surface area contributed by atoms with Crippen LogP contribution in [0.5, 0.6) is 5.75 Å². The molecule has 1 N–H and O–H groups in total. The van der Waals surface area contributed by atoms with E-state index in [9.17, 15) is 19.2 Å². The van der Waals surface area contributed by atoms with Crippen molar-refractivity contribution in [3.05, 3.63) is 98.5 Å². The number of amides is 3. The Morgan fingerprint density at radius 1 is 0.971 bits per heavy atom. The number of nitrogens with one attached hydrogen (secondary N) is 1. The molecule has 0 bridgehead atoms. The highest BCUT2D eigenvalue weighted by Crippen LogP contribution is 2.32. The fraction of sp³-hybridized carbons (Fsp3) is 0.0400. The zero-order valence-electron chi connectivity index (χ0n) is 17.6. The molecule has 3 aromatic carbocycles. The lowest BCUT2D eigenvalue weighted by Crippen LogP contribution is -2.36. The molecule has 4 rings (SSSR count). The van der Waals surface area contributed by atoms with Crippen LogP contribution in [-0.4, -0.2) is 34.5 Å². The number of benzene rings is 3. The van der Waals surface area contributed by atoms with E-state index in [0.29, 0.717) is 22.6 Å². The van der Waals surface area contributed by atoms with Crippen LogP contribution in [0.1, 0.15) is 15.9 Å². The molecular formula is C25H17IN2O5S. The molecule has 0 saturated carbocycles. The number of halogens is 1. The predicted octanol–water partition coefficient (Wildman–Crippen LogP) is 5.19. The second-order valence-electron chi connectivity index (χ2n) is 7.12. The first kappa shape index (κ1) is 23.7. The summed E-state index contributed by atoms with van der Waals surface area (Å²) < 4.78 is 6.24. The van der Waals surface area contributed by atoms with Gasteiger partial charge in [0, 0.05) is 9.26 Å². The monoisotopic (exact) mass is 584 g/mol. The summed E-state index contributed by atoms with van der Waals surface area (Å²) in [6, 6.07) is 22.5. The Bertz CT molecular complexity index is 1310. The minimum Gasteiger partial charge on any atom is -0.423 e. The summed E-state index contributed by atoms with van der Waals surface area (Å²) >= 11 is 2.82. The van der Waals surface area contributed by atoms with Crippen molar-refractivity contribution in [2.45, 2.75) is 0 Å². The molecule has 0 radical (unpaired) electrons. The van der Waals surface area contributed by atoms with E-state index in [-0.39, 0.29) is 11.4 Å². The second-order valence-corrected chi connectivity index (χ2v) is 9.28. The molecule has 1 heterocycles. The van der Waals surface area contributed by atoms with E-state index in [4.69, 9.17) is 4.74 Å². The van der Waals surface area contributed by atoms with Gasteiger partial charge in [0.1, 0.15) is 12.3 Å². The van der Waals surface area contributed by atoms with Gasteiger partial charge in [0.15, 0.2) is 0 Å². The topological polar surface area (TPSA) is 92.8 Å². The Morgan fingerprint density at radius 2 is 1.71 bits per heavy atom. The summed E-state index contributed by atoms with van der Waals surface area (Å²) in [6.45, 7) is -0.385. The maximum Gasteiger partial charge on any atom is 0.344 e. The fourth-order valence-corrected chi connectivity index (χ4v) is 4.56. The van der Waals surface area contributed by atoms with E-state index in [2.05, 4.69) is 27.9 Å². The molecule has 1 fully saturated rings. The highest BCUT2D eigenvalue weighted by Gasteiger charge is 2.36. The van der Waals surface area contributed by atoms with Crippen molar-refractivity contribution in [1.29, 1.82) is 0 Å². The summed E-state index contributed by atoms with van der Waals surface area (Å²) in [5.41, 5.74) is 1.60. The maximum absolute atomic E-state index is 12.7. The Labute approximate surface area is 213 Å².